The highest BCUT2D eigenvalue weighted by atomic mass is 16.5. The van der Waals surface area contributed by atoms with E-state index in [9.17, 15) is 4.79 Å². The smallest absolute Gasteiger partial charge is 0.255 e. The van der Waals surface area contributed by atoms with Crippen molar-refractivity contribution >= 4 is 5.91 Å². The molecule has 1 amide bonds. The van der Waals surface area contributed by atoms with E-state index < -0.39 is 0 Å². The monoisotopic (exact) mass is 295 g/mol. The number of benzene rings is 2. The number of amides is 1. The molecule has 0 aliphatic rings. The fraction of sp³-hybridized carbons (Fsp3) is 0.167. The molecule has 0 fully saturated rings. The maximum absolute atomic E-state index is 12.0. The number of nitrogens with one attached hydrogen (secondary N) is 1. The summed E-state index contributed by atoms with van der Waals surface area (Å²) in [6.07, 6.45) is 0. The molecule has 0 saturated heterocycles. The van der Waals surface area contributed by atoms with E-state index in [2.05, 4.69) is 17.2 Å². The Hall–Kier alpha value is -2.93. The van der Waals surface area contributed by atoms with Crippen LogP contribution >= 0.6 is 0 Å². The summed E-state index contributed by atoms with van der Waals surface area (Å²) in [5, 5.41) is 2.75. The lowest BCUT2D eigenvalue weighted by atomic mass is 10.2. The SMILES string of the molecule is COc1ccc(C#CCNC(=O)c2ccccc2OC)cc1. The third-order valence-corrected chi connectivity index (χ3v) is 3.01. The molecule has 0 unspecified atom stereocenters. The minimum atomic E-state index is -0.207. The molecule has 0 aliphatic heterocycles. The van der Waals surface area contributed by atoms with Crippen LogP contribution in [0.1, 0.15) is 15.9 Å². The number of rotatable bonds is 4. The number of carbonyl (C=O) groups excluding carboxylic acids is 1. The summed E-state index contributed by atoms with van der Waals surface area (Å²) in [6, 6.07) is 14.5. The highest BCUT2D eigenvalue weighted by Crippen LogP contribution is 2.16. The predicted molar refractivity (Wildman–Crippen MR) is 85.2 cm³/mol. The molecule has 22 heavy (non-hydrogen) atoms. The summed E-state index contributed by atoms with van der Waals surface area (Å²) in [5.41, 5.74) is 1.36. The average Bonchev–Trinajstić information content (AvgIpc) is 2.59. The molecule has 2 aromatic carbocycles. The topological polar surface area (TPSA) is 47.6 Å². The van der Waals surface area contributed by atoms with Gasteiger partial charge < -0.3 is 14.8 Å². The van der Waals surface area contributed by atoms with E-state index in [1.54, 1.807) is 25.3 Å². The molecular formula is C18H17NO3. The molecule has 0 atom stereocenters. The molecule has 4 heteroatoms. The van der Waals surface area contributed by atoms with Crippen LogP contribution in [0, 0.1) is 11.8 Å². The van der Waals surface area contributed by atoms with Gasteiger partial charge in [0.25, 0.3) is 5.91 Å². The summed E-state index contributed by atoms with van der Waals surface area (Å²) in [6.45, 7) is 0.267. The van der Waals surface area contributed by atoms with E-state index in [1.165, 1.54) is 7.11 Å². The van der Waals surface area contributed by atoms with Crippen LogP contribution in [0.4, 0.5) is 0 Å². The van der Waals surface area contributed by atoms with Gasteiger partial charge in [0.2, 0.25) is 0 Å². The second-order valence-corrected chi connectivity index (χ2v) is 4.41. The van der Waals surface area contributed by atoms with Crippen LogP contribution in [0.5, 0.6) is 11.5 Å². The van der Waals surface area contributed by atoms with Gasteiger partial charge in [-0.15, -0.1) is 0 Å². The van der Waals surface area contributed by atoms with Gasteiger partial charge in [-0.1, -0.05) is 24.0 Å². The number of ether oxygens (including phenoxy) is 2. The van der Waals surface area contributed by atoms with E-state index in [1.807, 2.05) is 30.3 Å². The lowest BCUT2D eigenvalue weighted by molar-refractivity contribution is 0.0955. The van der Waals surface area contributed by atoms with Crippen molar-refractivity contribution in [2.45, 2.75) is 0 Å². The summed E-state index contributed by atoms with van der Waals surface area (Å²) in [7, 11) is 3.16. The van der Waals surface area contributed by atoms with Crippen LogP contribution < -0.4 is 14.8 Å². The summed E-state index contributed by atoms with van der Waals surface area (Å²) >= 11 is 0. The Bertz CT molecular complexity index is 696. The van der Waals surface area contributed by atoms with Gasteiger partial charge >= 0.3 is 0 Å². The molecule has 1 N–H and O–H groups in total. The molecule has 4 nitrogen and oxygen atoms in total. The second-order valence-electron chi connectivity index (χ2n) is 4.41. The summed E-state index contributed by atoms with van der Waals surface area (Å²) in [4.78, 5) is 12.0. The minimum absolute atomic E-state index is 0.207. The molecule has 0 saturated carbocycles. The molecule has 0 radical (unpaired) electrons. The molecule has 2 rings (SSSR count). The van der Waals surface area contributed by atoms with Crippen LogP contribution in [-0.4, -0.2) is 26.7 Å². The van der Waals surface area contributed by atoms with E-state index >= 15 is 0 Å². The maximum atomic E-state index is 12.0. The molecule has 112 valence electrons. The van der Waals surface area contributed by atoms with Crippen molar-refractivity contribution in [1.82, 2.24) is 5.32 Å². The van der Waals surface area contributed by atoms with E-state index in [-0.39, 0.29) is 12.5 Å². The molecule has 2 aromatic rings. The zero-order chi connectivity index (χ0) is 15.8. The highest BCUT2D eigenvalue weighted by molar-refractivity contribution is 5.97. The van der Waals surface area contributed by atoms with Gasteiger partial charge in [-0.05, 0) is 36.4 Å². The van der Waals surface area contributed by atoms with E-state index in [4.69, 9.17) is 9.47 Å². The Kier molecular flexibility index (Phi) is 5.44. The first kappa shape index (κ1) is 15.5. The first-order valence-corrected chi connectivity index (χ1v) is 6.78. The van der Waals surface area contributed by atoms with Gasteiger partial charge in [-0.3, -0.25) is 4.79 Å². The minimum Gasteiger partial charge on any atom is -0.497 e. The van der Waals surface area contributed by atoms with Crippen LogP contribution in [0.15, 0.2) is 48.5 Å². The first-order chi connectivity index (χ1) is 10.7. The zero-order valence-corrected chi connectivity index (χ0v) is 12.6. The number of hydrogen-bond donors (Lipinski definition) is 1. The van der Waals surface area contributed by atoms with Crippen LogP contribution in [0.3, 0.4) is 0 Å². The fourth-order valence-electron chi connectivity index (χ4n) is 1.87. The van der Waals surface area contributed by atoms with Crippen molar-refractivity contribution in [3.05, 3.63) is 59.7 Å². The predicted octanol–water partition coefficient (Wildman–Crippen LogP) is 2.49. The molecule has 0 heterocycles. The van der Waals surface area contributed by atoms with Gasteiger partial charge in [-0.25, -0.2) is 0 Å². The van der Waals surface area contributed by atoms with Gasteiger partial charge in [0, 0.05) is 5.56 Å². The zero-order valence-electron chi connectivity index (χ0n) is 12.6. The maximum Gasteiger partial charge on any atom is 0.255 e. The largest absolute Gasteiger partial charge is 0.497 e. The van der Waals surface area contributed by atoms with Crippen LogP contribution in [0.25, 0.3) is 0 Å². The van der Waals surface area contributed by atoms with Gasteiger partial charge in [0.15, 0.2) is 0 Å². The van der Waals surface area contributed by atoms with Gasteiger partial charge in [0.05, 0.1) is 26.3 Å². The quantitative estimate of drug-likeness (QED) is 0.882. The fourth-order valence-corrected chi connectivity index (χ4v) is 1.87. The lowest BCUT2D eigenvalue weighted by Crippen LogP contribution is -2.24. The van der Waals surface area contributed by atoms with Crippen molar-refractivity contribution < 1.29 is 14.3 Å². The molecule has 0 bridgehead atoms. The van der Waals surface area contributed by atoms with Gasteiger partial charge in [-0.2, -0.15) is 0 Å². The second kappa shape index (κ2) is 7.75. The summed E-state index contributed by atoms with van der Waals surface area (Å²) < 4.78 is 10.2. The molecular weight excluding hydrogens is 278 g/mol. The molecule has 0 aliphatic carbocycles. The molecule has 0 spiro atoms. The standard InChI is InChI=1S/C18H17NO3/c1-21-15-11-9-14(10-12-15)6-5-13-19-18(20)16-7-3-4-8-17(16)22-2/h3-4,7-12H,13H2,1-2H3,(H,19,20). The Labute approximate surface area is 130 Å². The molecule has 0 aromatic heterocycles. The van der Waals surface area contributed by atoms with Crippen molar-refractivity contribution in [3.63, 3.8) is 0 Å². The Morgan fingerprint density at radius 1 is 1.05 bits per heavy atom. The highest BCUT2D eigenvalue weighted by Gasteiger charge is 2.09. The van der Waals surface area contributed by atoms with Crippen LogP contribution in [-0.2, 0) is 0 Å². The normalized spacial score (nSPS) is 9.36. The third kappa shape index (κ3) is 4.03. The van der Waals surface area contributed by atoms with E-state index in [0.29, 0.717) is 11.3 Å². The number of methoxy groups -OCH3 is 2. The number of carbonyl (C=O) groups is 1. The van der Waals surface area contributed by atoms with Crippen molar-refractivity contribution in [2.75, 3.05) is 20.8 Å². The summed E-state index contributed by atoms with van der Waals surface area (Å²) in [5.74, 6) is 7.02. The Morgan fingerprint density at radius 3 is 2.45 bits per heavy atom. The Morgan fingerprint density at radius 2 is 1.77 bits per heavy atom. The van der Waals surface area contributed by atoms with E-state index in [0.717, 1.165) is 11.3 Å². The first-order valence-electron chi connectivity index (χ1n) is 6.78. The van der Waals surface area contributed by atoms with Crippen molar-refractivity contribution in [3.8, 4) is 23.3 Å². The number of para-hydroxylation sites is 1. The number of hydrogen-bond acceptors (Lipinski definition) is 3. The average molecular weight is 295 g/mol. The third-order valence-electron chi connectivity index (χ3n) is 3.01. The lowest BCUT2D eigenvalue weighted by Gasteiger charge is -2.06. The van der Waals surface area contributed by atoms with Crippen molar-refractivity contribution in [2.24, 2.45) is 0 Å². The van der Waals surface area contributed by atoms with Crippen LogP contribution in [0.2, 0.25) is 0 Å². The van der Waals surface area contributed by atoms with Gasteiger partial charge in [0.1, 0.15) is 11.5 Å². The van der Waals surface area contributed by atoms with Crippen molar-refractivity contribution in [1.29, 1.82) is 0 Å². The Balaban J connectivity index is 1.93.